The number of para-hydroxylation sites is 1. The molecule has 0 saturated carbocycles. The third kappa shape index (κ3) is 4.41. The zero-order valence-corrected chi connectivity index (χ0v) is 13.6. The lowest BCUT2D eigenvalue weighted by molar-refractivity contribution is -0.136. The van der Waals surface area contributed by atoms with E-state index in [-0.39, 0.29) is 0 Å². The number of hydrazone groups is 1. The number of hydrogen-bond acceptors (Lipinski definition) is 3. The first-order valence-corrected chi connectivity index (χ1v) is 7.38. The Kier molecular flexibility index (Phi) is 5.68. The quantitative estimate of drug-likeness (QED) is 0.488. The van der Waals surface area contributed by atoms with E-state index >= 15 is 0 Å². The van der Waals surface area contributed by atoms with Crippen LogP contribution in [0.1, 0.15) is 5.56 Å². The molecule has 0 aliphatic carbocycles. The van der Waals surface area contributed by atoms with E-state index in [0.29, 0.717) is 20.7 Å². The smallest absolute Gasteiger partial charge is 0.317 e. The van der Waals surface area contributed by atoms with Gasteiger partial charge in [-0.2, -0.15) is 5.10 Å². The summed E-state index contributed by atoms with van der Waals surface area (Å²) >= 11 is 9.21. The molecule has 2 amide bonds. The van der Waals surface area contributed by atoms with Gasteiger partial charge in [0.2, 0.25) is 0 Å². The molecular weight excluding hydrogens is 370 g/mol. The van der Waals surface area contributed by atoms with Crippen molar-refractivity contribution >= 4 is 51.2 Å². The molecule has 0 aromatic heterocycles. The highest BCUT2D eigenvalue weighted by Crippen LogP contribution is 2.20. The fourth-order valence-electron chi connectivity index (χ4n) is 1.53. The fourth-order valence-corrected chi connectivity index (χ4v) is 2.10. The van der Waals surface area contributed by atoms with Crippen molar-refractivity contribution in [2.24, 2.45) is 5.10 Å². The van der Waals surface area contributed by atoms with Gasteiger partial charge in [0.15, 0.2) is 0 Å². The first-order valence-electron chi connectivity index (χ1n) is 6.21. The summed E-state index contributed by atoms with van der Waals surface area (Å²) < 4.78 is 0.677. The molecule has 2 aromatic rings. The van der Waals surface area contributed by atoms with Crippen LogP contribution in [0.15, 0.2) is 58.1 Å². The lowest BCUT2D eigenvalue weighted by Gasteiger charge is -2.05. The van der Waals surface area contributed by atoms with Crippen molar-refractivity contribution in [3.8, 4) is 0 Å². The molecule has 2 N–H and O–H groups in total. The topological polar surface area (TPSA) is 70.6 Å². The lowest BCUT2D eigenvalue weighted by Crippen LogP contribution is -2.32. The average molecular weight is 381 g/mol. The Morgan fingerprint density at radius 2 is 1.73 bits per heavy atom. The molecule has 0 aliphatic rings. The molecule has 0 fully saturated rings. The standard InChI is InChI=1S/C15H11BrClN3O2/c16-11-6-2-4-8-13(11)19-14(21)15(22)20-18-9-10-5-1-3-7-12(10)17/h1-9H,(H,19,21)(H,20,22)/b18-9-. The van der Waals surface area contributed by atoms with Crippen LogP contribution in [-0.2, 0) is 9.59 Å². The van der Waals surface area contributed by atoms with Gasteiger partial charge in [-0.1, -0.05) is 41.9 Å². The Bertz CT molecular complexity index is 734. The molecule has 0 radical (unpaired) electrons. The van der Waals surface area contributed by atoms with Crippen molar-refractivity contribution in [3.63, 3.8) is 0 Å². The predicted molar refractivity (Wildman–Crippen MR) is 90.0 cm³/mol. The number of benzene rings is 2. The highest BCUT2D eigenvalue weighted by atomic mass is 79.9. The van der Waals surface area contributed by atoms with E-state index in [9.17, 15) is 9.59 Å². The van der Waals surface area contributed by atoms with Crippen LogP contribution in [0.5, 0.6) is 0 Å². The van der Waals surface area contributed by atoms with E-state index in [4.69, 9.17) is 11.6 Å². The van der Waals surface area contributed by atoms with Gasteiger partial charge >= 0.3 is 11.8 Å². The number of nitrogens with one attached hydrogen (secondary N) is 2. The van der Waals surface area contributed by atoms with Crippen LogP contribution in [0, 0.1) is 0 Å². The second kappa shape index (κ2) is 7.72. The summed E-state index contributed by atoms with van der Waals surface area (Å²) in [4.78, 5) is 23.4. The summed E-state index contributed by atoms with van der Waals surface area (Å²) in [5.41, 5.74) is 3.28. The third-order valence-electron chi connectivity index (χ3n) is 2.60. The largest absolute Gasteiger partial charge is 0.329 e. The molecule has 0 heterocycles. The maximum Gasteiger partial charge on any atom is 0.329 e. The highest BCUT2D eigenvalue weighted by Gasteiger charge is 2.13. The van der Waals surface area contributed by atoms with Gasteiger partial charge in [0.1, 0.15) is 0 Å². The molecule has 0 atom stereocenters. The van der Waals surface area contributed by atoms with E-state index in [0.717, 1.165) is 0 Å². The Labute approximate surface area is 140 Å². The molecule has 0 aliphatic heterocycles. The van der Waals surface area contributed by atoms with Crippen molar-refractivity contribution < 1.29 is 9.59 Å². The second-order valence-corrected chi connectivity index (χ2v) is 5.42. The van der Waals surface area contributed by atoms with E-state index in [1.54, 1.807) is 48.5 Å². The number of hydrogen-bond donors (Lipinski definition) is 2. The number of nitrogens with zero attached hydrogens (tertiary/aromatic N) is 1. The van der Waals surface area contributed by atoms with Gasteiger partial charge in [0.05, 0.1) is 11.9 Å². The van der Waals surface area contributed by atoms with E-state index < -0.39 is 11.8 Å². The maximum atomic E-state index is 11.7. The molecule has 7 heteroatoms. The molecule has 0 bridgehead atoms. The van der Waals surface area contributed by atoms with Crippen molar-refractivity contribution in [1.82, 2.24) is 5.43 Å². The van der Waals surface area contributed by atoms with Crippen molar-refractivity contribution in [3.05, 3.63) is 63.6 Å². The minimum Gasteiger partial charge on any atom is -0.317 e. The minimum atomic E-state index is -0.876. The molecule has 0 unspecified atom stereocenters. The third-order valence-corrected chi connectivity index (χ3v) is 3.64. The number of carbonyl (C=O) groups excluding carboxylic acids is 2. The Morgan fingerprint density at radius 1 is 1.05 bits per heavy atom. The molecule has 22 heavy (non-hydrogen) atoms. The normalized spacial score (nSPS) is 10.5. The first-order chi connectivity index (χ1) is 10.6. The van der Waals surface area contributed by atoms with Crippen molar-refractivity contribution in [2.75, 3.05) is 5.32 Å². The summed E-state index contributed by atoms with van der Waals surface area (Å²) in [5, 5.41) is 6.68. The molecule has 5 nitrogen and oxygen atoms in total. The monoisotopic (exact) mass is 379 g/mol. The van der Waals surface area contributed by atoms with Crippen LogP contribution in [0.2, 0.25) is 5.02 Å². The number of carbonyl (C=O) groups is 2. The van der Waals surface area contributed by atoms with Crippen LogP contribution in [-0.4, -0.2) is 18.0 Å². The highest BCUT2D eigenvalue weighted by molar-refractivity contribution is 9.10. The van der Waals surface area contributed by atoms with E-state index in [1.165, 1.54) is 6.21 Å². The number of amides is 2. The van der Waals surface area contributed by atoms with Gasteiger partial charge < -0.3 is 5.32 Å². The Morgan fingerprint density at radius 3 is 2.45 bits per heavy atom. The van der Waals surface area contributed by atoms with E-state index in [2.05, 4.69) is 31.8 Å². The molecule has 0 saturated heterocycles. The summed E-state index contributed by atoms with van der Waals surface area (Å²) in [7, 11) is 0. The van der Waals surface area contributed by atoms with Gasteiger partial charge in [-0.25, -0.2) is 5.43 Å². The molecule has 2 aromatic carbocycles. The summed E-state index contributed by atoms with van der Waals surface area (Å²) in [6, 6.07) is 14.0. The molecule has 112 valence electrons. The van der Waals surface area contributed by atoms with Crippen molar-refractivity contribution in [1.29, 1.82) is 0 Å². The first kappa shape index (κ1) is 16.2. The van der Waals surface area contributed by atoms with Gasteiger partial charge in [-0.3, -0.25) is 9.59 Å². The SMILES string of the molecule is O=C(N/N=C\c1ccccc1Cl)C(=O)Nc1ccccc1Br. The lowest BCUT2D eigenvalue weighted by atomic mass is 10.2. The van der Waals surface area contributed by atoms with Gasteiger partial charge in [0, 0.05) is 15.1 Å². The number of anilines is 1. The van der Waals surface area contributed by atoms with Crippen LogP contribution in [0.4, 0.5) is 5.69 Å². The average Bonchev–Trinajstić information content (AvgIpc) is 2.51. The Balaban J connectivity index is 1.94. The molecular formula is C15H11BrClN3O2. The summed E-state index contributed by atoms with van der Waals surface area (Å²) in [5.74, 6) is -1.69. The number of rotatable bonds is 3. The molecule has 2 rings (SSSR count). The maximum absolute atomic E-state index is 11.7. The Hall–Kier alpha value is -2.18. The van der Waals surface area contributed by atoms with Crippen LogP contribution in [0.25, 0.3) is 0 Å². The van der Waals surface area contributed by atoms with Crippen LogP contribution < -0.4 is 10.7 Å². The van der Waals surface area contributed by atoms with Crippen LogP contribution in [0.3, 0.4) is 0 Å². The summed E-state index contributed by atoms with van der Waals surface area (Å²) in [6.07, 6.45) is 1.37. The fraction of sp³-hybridized carbons (Fsp3) is 0. The zero-order chi connectivity index (χ0) is 15.9. The van der Waals surface area contributed by atoms with Gasteiger partial charge in [-0.15, -0.1) is 0 Å². The van der Waals surface area contributed by atoms with E-state index in [1.807, 2.05) is 0 Å². The summed E-state index contributed by atoms with van der Waals surface area (Å²) in [6.45, 7) is 0. The minimum absolute atomic E-state index is 0.498. The predicted octanol–water partition coefficient (Wildman–Crippen LogP) is 3.19. The van der Waals surface area contributed by atoms with Gasteiger partial charge in [0.25, 0.3) is 0 Å². The van der Waals surface area contributed by atoms with Crippen molar-refractivity contribution in [2.45, 2.75) is 0 Å². The molecule has 0 spiro atoms. The van der Waals surface area contributed by atoms with Crippen LogP contribution >= 0.6 is 27.5 Å². The second-order valence-electron chi connectivity index (χ2n) is 4.15. The zero-order valence-electron chi connectivity index (χ0n) is 11.2. The van der Waals surface area contributed by atoms with Gasteiger partial charge in [-0.05, 0) is 34.1 Å². The number of halogens is 2.